The number of nitrogens with zero attached hydrogens (tertiary/aromatic N) is 2. The monoisotopic (exact) mass is 670 g/mol. The Morgan fingerprint density at radius 1 is 1.17 bits per heavy atom. The molecule has 0 aliphatic carbocycles. The summed E-state index contributed by atoms with van der Waals surface area (Å²) >= 11 is 0. The van der Waals surface area contributed by atoms with Crippen LogP contribution in [0.1, 0.15) is 33.4 Å². The van der Waals surface area contributed by atoms with Gasteiger partial charge in [-0.25, -0.2) is 13.8 Å². The summed E-state index contributed by atoms with van der Waals surface area (Å²) in [5, 5.41) is 2.61. The SMILES string of the molecule is COC(=O)[C@@H](N[P@](=O)(OC[C@H]1O[C@@H](n2ccc(=O)[nH]c2=O)[C@](C)(F)[C@@H]1OC(=O)CCN1CCOCC1)Oc1ccccc1)C(C)C. The molecule has 0 saturated carbocycles. The number of esters is 2. The fourth-order valence-corrected chi connectivity index (χ4v) is 6.74. The molecule has 0 unspecified atom stereocenters. The lowest BCUT2D eigenvalue weighted by Gasteiger charge is -2.30. The van der Waals surface area contributed by atoms with Crippen molar-refractivity contribution in [3.8, 4) is 5.75 Å². The van der Waals surface area contributed by atoms with Crippen molar-refractivity contribution in [2.75, 3.05) is 46.6 Å². The average Bonchev–Trinajstić information content (AvgIpc) is 3.27. The molecule has 0 amide bonds. The maximum Gasteiger partial charge on any atom is 0.459 e. The number of benzene rings is 1. The van der Waals surface area contributed by atoms with Crippen molar-refractivity contribution in [2.45, 2.75) is 57.3 Å². The van der Waals surface area contributed by atoms with Crippen LogP contribution in [-0.4, -0.2) is 96.9 Å². The zero-order chi connectivity index (χ0) is 33.5. The van der Waals surface area contributed by atoms with Gasteiger partial charge in [-0.3, -0.25) is 33.4 Å². The molecular weight excluding hydrogens is 630 g/mol. The Morgan fingerprint density at radius 3 is 2.50 bits per heavy atom. The number of carbonyl (C=O) groups is 2. The summed E-state index contributed by atoms with van der Waals surface area (Å²) < 4.78 is 64.7. The molecule has 1 aromatic heterocycles. The highest BCUT2D eigenvalue weighted by Crippen LogP contribution is 2.48. The third-order valence-electron chi connectivity index (χ3n) is 7.58. The van der Waals surface area contributed by atoms with Crippen molar-refractivity contribution in [1.29, 1.82) is 0 Å². The van der Waals surface area contributed by atoms with Gasteiger partial charge in [0.25, 0.3) is 5.56 Å². The molecule has 0 bridgehead atoms. The van der Waals surface area contributed by atoms with Crippen LogP contribution in [0.2, 0.25) is 0 Å². The zero-order valence-electron chi connectivity index (χ0n) is 26.1. The quantitative estimate of drug-likeness (QED) is 0.220. The molecule has 3 heterocycles. The van der Waals surface area contributed by atoms with E-state index in [1.165, 1.54) is 19.2 Å². The van der Waals surface area contributed by atoms with Gasteiger partial charge >= 0.3 is 25.4 Å². The van der Waals surface area contributed by atoms with Crippen LogP contribution in [0.4, 0.5) is 4.39 Å². The summed E-state index contributed by atoms with van der Waals surface area (Å²) in [6.45, 7) is 6.44. The molecule has 1 aromatic carbocycles. The second-order valence-electron chi connectivity index (χ2n) is 11.4. The number of para-hydroxylation sites is 1. The van der Waals surface area contributed by atoms with Gasteiger partial charge < -0.3 is 23.5 Å². The number of morpholine rings is 1. The molecule has 254 valence electrons. The number of rotatable bonds is 14. The highest BCUT2D eigenvalue weighted by atomic mass is 31.2. The van der Waals surface area contributed by atoms with Gasteiger partial charge in [0.1, 0.15) is 17.9 Å². The van der Waals surface area contributed by atoms with Crippen LogP contribution in [0.5, 0.6) is 5.75 Å². The van der Waals surface area contributed by atoms with Crippen molar-refractivity contribution in [1.82, 2.24) is 19.5 Å². The number of H-pyrrole nitrogens is 1. The van der Waals surface area contributed by atoms with Gasteiger partial charge in [-0.15, -0.1) is 0 Å². The Bertz CT molecular complexity index is 1500. The second kappa shape index (κ2) is 15.5. The van der Waals surface area contributed by atoms with Gasteiger partial charge in [0, 0.05) is 31.9 Å². The highest BCUT2D eigenvalue weighted by molar-refractivity contribution is 7.52. The number of aromatic nitrogens is 2. The first-order valence-electron chi connectivity index (χ1n) is 14.8. The highest BCUT2D eigenvalue weighted by Gasteiger charge is 2.58. The van der Waals surface area contributed by atoms with E-state index in [1.54, 1.807) is 32.0 Å². The predicted octanol–water partition coefficient (Wildman–Crippen LogP) is 1.79. The molecule has 2 fully saturated rings. The van der Waals surface area contributed by atoms with E-state index in [0.29, 0.717) is 32.8 Å². The number of hydrogen-bond acceptors (Lipinski definition) is 12. The summed E-state index contributed by atoms with van der Waals surface area (Å²) in [5.74, 6) is -1.75. The summed E-state index contributed by atoms with van der Waals surface area (Å²) in [5.41, 5.74) is -4.20. The number of hydrogen-bond donors (Lipinski definition) is 2. The largest absolute Gasteiger partial charge is 0.468 e. The predicted molar refractivity (Wildman–Crippen MR) is 161 cm³/mol. The standard InChI is InChI=1S/C29H40FN4O11P/c1-19(2)24(26(37)40-4)32-46(39,45-20-8-6-5-7-9-20)42-18-21-25(44-23(36)11-12-33-14-16-41-17-15-33)29(3,30)27(43-21)34-13-10-22(35)31-28(34)38/h5-10,13,19,21,24-25,27H,11-12,14-18H2,1-4H3,(H,32,39)(H,31,35,38)/t21-,24+,25-,27-,29-,46+/m1/s1. The number of nitrogens with one attached hydrogen (secondary N) is 2. The van der Waals surface area contributed by atoms with Gasteiger partial charge in [-0.2, -0.15) is 5.09 Å². The van der Waals surface area contributed by atoms with Gasteiger partial charge in [0.15, 0.2) is 18.0 Å². The number of alkyl halides is 1. The van der Waals surface area contributed by atoms with Crippen LogP contribution < -0.4 is 20.9 Å². The summed E-state index contributed by atoms with van der Waals surface area (Å²) in [6, 6.07) is 7.89. The molecule has 0 spiro atoms. The van der Waals surface area contributed by atoms with E-state index in [0.717, 1.165) is 23.8 Å². The van der Waals surface area contributed by atoms with Gasteiger partial charge in [0.2, 0.25) is 0 Å². The first-order valence-corrected chi connectivity index (χ1v) is 16.4. The van der Waals surface area contributed by atoms with E-state index < -0.39 is 73.6 Å². The molecule has 17 heteroatoms. The Labute approximate surface area is 264 Å². The normalized spacial score (nSPS) is 25.5. The molecule has 2 aromatic rings. The van der Waals surface area contributed by atoms with Crippen LogP contribution in [0.3, 0.4) is 0 Å². The van der Waals surface area contributed by atoms with Crippen molar-refractivity contribution >= 4 is 19.7 Å². The lowest BCUT2D eigenvalue weighted by molar-refractivity contribution is -0.158. The van der Waals surface area contributed by atoms with Gasteiger partial charge in [-0.05, 0) is 25.0 Å². The molecule has 2 aliphatic heterocycles. The fourth-order valence-electron chi connectivity index (χ4n) is 5.07. The molecule has 2 N–H and O–H groups in total. The third kappa shape index (κ3) is 8.90. The second-order valence-corrected chi connectivity index (χ2v) is 13.1. The van der Waals surface area contributed by atoms with Gasteiger partial charge in [-0.1, -0.05) is 32.0 Å². The Hall–Kier alpha value is -3.40. The number of ether oxygens (including phenoxy) is 4. The van der Waals surface area contributed by atoms with Crippen molar-refractivity contribution < 1.29 is 46.5 Å². The molecular formula is C29H40FN4O11P. The zero-order valence-corrected chi connectivity index (χ0v) is 27.0. The van der Waals surface area contributed by atoms with Crippen LogP contribution in [-0.2, 0) is 37.6 Å². The maximum absolute atomic E-state index is 16.6. The average molecular weight is 671 g/mol. The van der Waals surface area contributed by atoms with E-state index in [4.69, 9.17) is 28.0 Å². The van der Waals surface area contributed by atoms with Crippen LogP contribution in [0.15, 0.2) is 52.2 Å². The first-order chi connectivity index (χ1) is 21.8. The van der Waals surface area contributed by atoms with Crippen LogP contribution >= 0.6 is 7.75 Å². The van der Waals surface area contributed by atoms with E-state index in [2.05, 4.69) is 5.09 Å². The van der Waals surface area contributed by atoms with Crippen molar-refractivity contribution in [3.05, 3.63) is 63.4 Å². The van der Waals surface area contributed by atoms with E-state index in [1.807, 2.05) is 9.88 Å². The topological polar surface area (TPSA) is 177 Å². The Morgan fingerprint density at radius 2 is 1.87 bits per heavy atom. The maximum atomic E-state index is 16.6. The summed E-state index contributed by atoms with van der Waals surface area (Å²) in [4.78, 5) is 53.9. The summed E-state index contributed by atoms with van der Waals surface area (Å²) in [6.07, 6.45) is -3.77. The molecule has 4 rings (SSSR count). The van der Waals surface area contributed by atoms with Gasteiger partial charge in [0.05, 0.1) is 33.4 Å². The van der Waals surface area contributed by atoms with Crippen molar-refractivity contribution in [2.24, 2.45) is 5.92 Å². The summed E-state index contributed by atoms with van der Waals surface area (Å²) in [7, 11) is -3.27. The van der Waals surface area contributed by atoms with E-state index >= 15 is 4.39 Å². The number of aromatic amines is 1. The lowest BCUT2D eigenvalue weighted by atomic mass is 9.98. The molecule has 2 saturated heterocycles. The Kier molecular flexibility index (Phi) is 11.9. The minimum atomic E-state index is -4.44. The lowest BCUT2D eigenvalue weighted by Crippen LogP contribution is -2.46. The molecule has 2 aliphatic rings. The van der Waals surface area contributed by atoms with Crippen molar-refractivity contribution in [3.63, 3.8) is 0 Å². The fraction of sp³-hybridized carbons (Fsp3) is 0.586. The minimum absolute atomic E-state index is 0.0736. The molecule has 15 nitrogen and oxygen atoms in total. The van der Waals surface area contributed by atoms with Crippen LogP contribution in [0, 0.1) is 5.92 Å². The van der Waals surface area contributed by atoms with E-state index in [-0.39, 0.29) is 12.2 Å². The number of carbonyl (C=O) groups excluding carboxylic acids is 2. The Balaban J connectivity index is 1.60. The molecule has 0 radical (unpaired) electrons. The first kappa shape index (κ1) is 35.5. The minimum Gasteiger partial charge on any atom is -0.468 e. The number of methoxy groups -OCH3 is 1. The van der Waals surface area contributed by atoms with Crippen LogP contribution in [0.25, 0.3) is 0 Å². The molecule has 46 heavy (non-hydrogen) atoms. The number of halogens is 1. The molecule has 6 atom stereocenters. The smallest absolute Gasteiger partial charge is 0.459 e. The third-order valence-corrected chi connectivity index (χ3v) is 9.11. The van der Waals surface area contributed by atoms with E-state index in [9.17, 15) is 23.7 Å².